The Morgan fingerprint density at radius 3 is 2.45 bits per heavy atom. The van der Waals surface area contributed by atoms with E-state index in [2.05, 4.69) is 12.2 Å². The lowest BCUT2D eigenvalue weighted by molar-refractivity contribution is -0.119. The number of benzene rings is 1. The Hall–Kier alpha value is -1.64. The van der Waals surface area contributed by atoms with Crippen LogP contribution in [0.2, 0.25) is 0 Å². The van der Waals surface area contributed by atoms with Gasteiger partial charge in [0.2, 0.25) is 5.91 Å². The predicted octanol–water partition coefficient (Wildman–Crippen LogP) is 3.68. The van der Waals surface area contributed by atoms with Crippen molar-refractivity contribution >= 4 is 17.4 Å². The maximum Gasteiger partial charge on any atom is 0.234 e. The van der Waals surface area contributed by atoms with Gasteiger partial charge < -0.3 is 5.32 Å². The minimum Gasteiger partial charge on any atom is -0.325 e. The molecule has 3 heteroatoms. The van der Waals surface area contributed by atoms with Crippen molar-refractivity contribution in [3.63, 3.8) is 0 Å². The van der Waals surface area contributed by atoms with Crippen molar-refractivity contribution in [2.75, 3.05) is 5.32 Å². The molecule has 3 rings (SSSR count). The van der Waals surface area contributed by atoms with Crippen molar-refractivity contribution in [2.45, 2.75) is 51.9 Å². The summed E-state index contributed by atoms with van der Waals surface area (Å²) in [5.74, 6) is 0.233. The normalized spacial score (nSPS) is 22.4. The van der Waals surface area contributed by atoms with Crippen LogP contribution in [0.5, 0.6) is 0 Å². The minimum atomic E-state index is -0.553. The first kappa shape index (κ1) is 13.3. The van der Waals surface area contributed by atoms with Crippen LogP contribution in [-0.2, 0) is 10.2 Å². The van der Waals surface area contributed by atoms with Crippen molar-refractivity contribution in [1.29, 1.82) is 0 Å². The second kappa shape index (κ2) is 4.18. The number of rotatable bonds is 2. The van der Waals surface area contributed by atoms with Gasteiger partial charge in [0.15, 0.2) is 5.78 Å². The molecule has 1 heterocycles. The molecule has 106 valence electrons. The number of carbonyl (C=O) groups is 2. The molecule has 3 nitrogen and oxygen atoms in total. The van der Waals surface area contributed by atoms with Gasteiger partial charge in [-0.3, -0.25) is 9.59 Å². The Bertz CT molecular complexity index is 595. The Balaban J connectivity index is 2.00. The molecule has 1 aliphatic heterocycles. The summed E-state index contributed by atoms with van der Waals surface area (Å²) in [6, 6.07) is 5.64. The molecule has 1 N–H and O–H groups in total. The maximum atomic E-state index is 12.8. The fourth-order valence-corrected chi connectivity index (χ4v) is 3.44. The molecule has 0 bridgehead atoms. The average Bonchev–Trinajstić information content (AvgIpc) is 2.94. The molecule has 1 aromatic carbocycles. The number of nitrogens with one attached hydrogen (secondary N) is 1. The summed E-state index contributed by atoms with van der Waals surface area (Å²) in [4.78, 5) is 24.7. The number of hydrogen-bond donors (Lipinski definition) is 1. The third-order valence-corrected chi connectivity index (χ3v) is 5.03. The second-order valence-electron chi connectivity index (χ2n) is 6.94. The number of anilines is 1. The highest BCUT2D eigenvalue weighted by molar-refractivity contribution is 6.07. The van der Waals surface area contributed by atoms with Gasteiger partial charge in [0.1, 0.15) is 0 Å². The zero-order valence-corrected chi connectivity index (χ0v) is 12.4. The van der Waals surface area contributed by atoms with E-state index in [-0.39, 0.29) is 17.1 Å². The maximum absolute atomic E-state index is 12.8. The Morgan fingerprint density at radius 2 is 1.80 bits per heavy atom. The summed E-state index contributed by atoms with van der Waals surface area (Å²) < 4.78 is 0. The summed E-state index contributed by atoms with van der Waals surface area (Å²) in [5, 5.41) is 2.88. The largest absolute Gasteiger partial charge is 0.325 e. The van der Waals surface area contributed by atoms with E-state index in [0.29, 0.717) is 0 Å². The number of Topliss-reactive ketones (excluding diaryl/α,β-unsaturated/α-hetero) is 1. The van der Waals surface area contributed by atoms with E-state index in [4.69, 9.17) is 0 Å². The van der Waals surface area contributed by atoms with Crippen LogP contribution in [0.25, 0.3) is 0 Å². The van der Waals surface area contributed by atoms with Crippen molar-refractivity contribution < 1.29 is 9.59 Å². The van der Waals surface area contributed by atoms with Crippen LogP contribution < -0.4 is 5.32 Å². The molecule has 0 spiro atoms. The molecule has 1 saturated carbocycles. The lowest BCUT2D eigenvalue weighted by Gasteiger charge is -2.23. The van der Waals surface area contributed by atoms with E-state index in [1.807, 2.05) is 32.0 Å². The van der Waals surface area contributed by atoms with Gasteiger partial charge >= 0.3 is 0 Å². The van der Waals surface area contributed by atoms with Crippen LogP contribution in [-0.4, -0.2) is 11.7 Å². The molecule has 1 aliphatic carbocycles. The molecule has 2 aliphatic rings. The fourth-order valence-electron chi connectivity index (χ4n) is 3.44. The molecular formula is C17H21NO2. The highest BCUT2D eigenvalue weighted by Crippen LogP contribution is 2.42. The van der Waals surface area contributed by atoms with Crippen LogP contribution in [0.4, 0.5) is 5.69 Å². The van der Waals surface area contributed by atoms with E-state index in [9.17, 15) is 9.59 Å². The first-order valence-electron chi connectivity index (χ1n) is 7.35. The van der Waals surface area contributed by atoms with Gasteiger partial charge in [0.25, 0.3) is 0 Å². The van der Waals surface area contributed by atoms with Crippen molar-refractivity contribution in [3.05, 3.63) is 29.3 Å². The van der Waals surface area contributed by atoms with Gasteiger partial charge in [-0.2, -0.15) is 0 Å². The Kier molecular flexibility index (Phi) is 2.79. The highest BCUT2D eigenvalue weighted by atomic mass is 16.2. The Labute approximate surface area is 119 Å². The summed E-state index contributed by atoms with van der Waals surface area (Å²) in [7, 11) is 0. The first-order chi connectivity index (χ1) is 9.34. The molecule has 0 saturated heterocycles. The molecule has 1 aromatic rings. The van der Waals surface area contributed by atoms with Crippen LogP contribution in [0.3, 0.4) is 0 Å². The highest BCUT2D eigenvalue weighted by Gasteiger charge is 2.41. The lowest BCUT2D eigenvalue weighted by Crippen LogP contribution is -2.27. The SMILES string of the molecule is CC1(C(=O)c2ccc3c(c2)C(C)(C)C(=O)N3)CCCC1. The molecule has 20 heavy (non-hydrogen) atoms. The summed E-state index contributed by atoms with van der Waals surface area (Å²) in [6.45, 7) is 5.88. The van der Waals surface area contributed by atoms with E-state index in [1.54, 1.807) is 0 Å². The van der Waals surface area contributed by atoms with E-state index in [0.717, 1.165) is 42.5 Å². The van der Waals surface area contributed by atoms with Gasteiger partial charge in [-0.1, -0.05) is 19.8 Å². The lowest BCUT2D eigenvalue weighted by atomic mass is 9.79. The van der Waals surface area contributed by atoms with Crippen molar-refractivity contribution in [1.82, 2.24) is 0 Å². The summed E-state index contributed by atoms with van der Waals surface area (Å²) >= 11 is 0. The van der Waals surface area contributed by atoms with Gasteiger partial charge in [-0.25, -0.2) is 0 Å². The summed E-state index contributed by atoms with van der Waals surface area (Å²) in [5.41, 5.74) is 1.76. The topological polar surface area (TPSA) is 46.2 Å². The number of amides is 1. The summed E-state index contributed by atoms with van der Waals surface area (Å²) in [6.07, 6.45) is 4.23. The van der Waals surface area contributed by atoms with E-state index >= 15 is 0 Å². The number of carbonyl (C=O) groups excluding carboxylic acids is 2. The third-order valence-electron chi connectivity index (χ3n) is 5.03. The monoisotopic (exact) mass is 271 g/mol. The van der Waals surface area contributed by atoms with Gasteiger partial charge in [-0.15, -0.1) is 0 Å². The zero-order chi connectivity index (χ0) is 14.5. The number of hydrogen-bond acceptors (Lipinski definition) is 2. The predicted molar refractivity (Wildman–Crippen MR) is 79.0 cm³/mol. The number of ketones is 1. The smallest absolute Gasteiger partial charge is 0.234 e. The second-order valence-corrected chi connectivity index (χ2v) is 6.94. The van der Waals surface area contributed by atoms with Crippen LogP contribution >= 0.6 is 0 Å². The van der Waals surface area contributed by atoms with Crippen LogP contribution in [0, 0.1) is 5.41 Å². The standard InChI is InChI=1S/C17H21NO2/c1-16(2)12-10-11(6-7-13(12)18-15(16)20)14(19)17(3)8-4-5-9-17/h6-7,10H,4-5,8-9H2,1-3H3,(H,18,20). The van der Waals surface area contributed by atoms with Gasteiger partial charge in [0, 0.05) is 16.7 Å². The average molecular weight is 271 g/mol. The fraction of sp³-hybridized carbons (Fsp3) is 0.529. The zero-order valence-electron chi connectivity index (χ0n) is 12.4. The number of fused-ring (bicyclic) bond motifs is 1. The van der Waals surface area contributed by atoms with E-state index in [1.165, 1.54) is 0 Å². The quantitative estimate of drug-likeness (QED) is 0.834. The molecule has 0 unspecified atom stereocenters. The molecule has 1 fully saturated rings. The van der Waals surface area contributed by atoms with Gasteiger partial charge in [0.05, 0.1) is 5.41 Å². The molecule has 0 radical (unpaired) electrons. The van der Waals surface area contributed by atoms with Crippen LogP contribution in [0.15, 0.2) is 18.2 Å². The van der Waals surface area contributed by atoms with Crippen LogP contribution in [0.1, 0.15) is 62.4 Å². The minimum absolute atomic E-state index is 0.00387. The van der Waals surface area contributed by atoms with Crippen molar-refractivity contribution in [2.24, 2.45) is 5.41 Å². The van der Waals surface area contributed by atoms with E-state index < -0.39 is 5.41 Å². The Morgan fingerprint density at radius 1 is 1.15 bits per heavy atom. The molecule has 1 amide bonds. The van der Waals surface area contributed by atoms with Crippen molar-refractivity contribution in [3.8, 4) is 0 Å². The molecule has 0 aromatic heterocycles. The molecule has 0 atom stereocenters. The molecular weight excluding hydrogens is 250 g/mol. The van der Waals surface area contributed by atoms with Gasteiger partial charge in [-0.05, 0) is 50.5 Å². The first-order valence-corrected chi connectivity index (χ1v) is 7.35. The third kappa shape index (κ3) is 1.80.